The summed E-state index contributed by atoms with van der Waals surface area (Å²) < 4.78 is 4.55. The first-order chi connectivity index (χ1) is 5.33. The van der Waals surface area contributed by atoms with Crippen molar-refractivity contribution in [2.24, 2.45) is 5.92 Å². The molecule has 63 valence electrons. The fourth-order valence-corrected chi connectivity index (χ4v) is 1.12. The Morgan fingerprint density at radius 2 is 2.64 bits per heavy atom. The van der Waals surface area contributed by atoms with Crippen LogP contribution in [0.1, 0.15) is 12.8 Å². The van der Waals surface area contributed by atoms with E-state index in [-0.39, 0.29) is 5.97 Å². The maximum absolute atomic E-state index is 10.8. The first kappa shape index (κ1) is 8.49. The number of ether oxygens (including phenoxy) is 1. The van der Waals surface area contributed by atoms with Gasteiger partial charge < -0.3 is 4.74 Å². The normalized spacial score (nSPS) is 24.6. The molecule has 0 spiro atoms. The summed E-state index contributed by atoms with van der Waals surface area (Å²) in [5.74, 6) is 0.246. The van der Waals surface area contributed by atoms with Gasteiger partial charge in [-0.15, -0.1) is 0 Å². The zero-order chi connectivity index (χ0) is 8.10. The van der Waals surface area contributed by atoms with Crippen LogP contribution in [0.15, 0.2) is 0 Å². The van der Waals surface area contributed by atoms with E-state index in [1.54, 1.807) is 0 Å². The molecule has 1 heterocycles. The van der Waals surface area contributed by atoms with Crippen molar-refractivity contribution in [2.75, 3.05) is 20.2 Å². The van der Waals surface area contributed by atoms with E-state index in [0.717, 1.165) is 19.5 Å². The molecule has 1 unspecified atom stereocenters. The fourth-order valence-electron chi connectivity index (χ4n) is 1.12. The van der Waals surface area contributed by atoms with Crippen LogP contribution < -0.4 is 10.9 Å². The van der Waals surface area contributed by atoms with Crippen LogP contribution in [0.25, 0.3) is 0 Å². The van der Waals surface area contributed by atoms with Gasteiger partial charge in [0.15, 0.2) is 0 Å². The number of carbonyl (C=O) groups is 1. The molecule has 0 aliphatic carbocycles. The second-order valence-electron chi connectivity index (χ2n) is 2.68. The lowest BCUT2D eigenvalue weighted by Crippen LogP contribution is -2.38. The van der Waals surface area contributed by atoms with Crippen molar-refractivity contribution < 1.29 is 9.53 Å². The molecule has 1 aliphatic rings. The molecule has 11 heavy (non-hydrogen) atoms. The lowest BCUT2D eigenvalue weighted by molar-refractivity contribution is -0.141. The monoisotopic (exact) mass is 157 g/mol. The van der Waals surface area contributed by atoms with Crippen molar-refractivity contribution in [3.8, 4) is 0 Å². The Morgan fingerprint density at radius 1 is 1.82 bits per heavy atom. The number of carbonyl (C=O) groups excluding carboxylic acids is 1. The van der Waals surface area contributed by atoms with Crippen LogP contribution >= 0.6 is 0 Å². The van der Waals surface area contributed by atoms with E-state index < -0.39 is 0 Å². The van der Waals surface area contributed by atoms with Gasteiger partial charge in [0.1, 0.15) is 0 Å². The van der Waals surface area contributed by atoms with E-state index in [9.17, 15) is 4.79 Å². The quantitative estimate of drug-likeness (QED) is 0.559. The number of rotatable bonds is 2. The molecule has 1 atom stereocenters. The zero-order valence-corrected chi connectivity index (χ0v) is 6.67. The summed E-state index contributed by atoms with van der Waals surface area (Å²) >= 11 is 0. The van der Waals surface area contributed by atoms with Gasteiger partial charge >= 0.3 is 5.97 Å². The highest BCUT2D eigenvalue weighted by Crippen LogP contribution is 2.10. The number of esters is 1. The number of methoxy groups -OCH3 is 1. The molecule has 0 aromatic rings. The van der Waals surface area contributed by atoms with E-state index in [1.165, 1.54) is 7.11 Å². The summed E-state index contributed by atoms with van der Waals surface area (Å²) in [6.45, 7) is 1.61. The lowest BCUT2D eigenvalue weighted by Gasteiger charge is -2.20. The molecule has 1 saturated heterocycles. The molecule has 1 fully saturated rings. The number of hydrogen-bond donors (Lipinski definition) is 1. The summed E-state index contributed by atoms with van der Waals surface area (Å²) in [5.41, 5.74) is 6.87. The fraction of sp³-hybridized carbons (Fsp3) is 0.857. The molecule has 1 radical (unpaired) electrons. The van der Waals surface area contributed by atoms with Gasteiger partial charge in [-0.3, -0.25) is 4.79 Å². The minimum Gasteiger partial charge on any atom is -0.469 e. The van der Waals surface area contributed by atoms with Crippen LogP contribution in [0.3, 0.4) is 0 Å². The summed E-state index contributed by atoms with van der Waals surface area (Å²) in [5, 5.41) is 0. The van der Waals surface area contributed by atoms with Crippen molar-refractivity contribution >= 4 is 5.97 Å². The van der Waals surface area contributed by atoms with Gasteiger partial charge in [0.2, 0.25) is 0 Å². The molecule has 0 amide bonds. The van der Waals surface area contributed by atoms with Crippen LogP contribution in [-0.2, 0) is 9.53 Å². The highest BCUT2D eigenvalue weighted by molar-refractivity contribution is 5.69. The average Bonchev–Trinajstić information content (AvgIpc) is 2.06. The third-order valence-corrected chi connectivity index (χ3v) is 1.81. The predicted molar refractivity (Wildman–Crippen MR) is 39.7 cm³/mol. The molecule has 4 heteroatoms. The SMILES string of the molecule is COC(=O)CC1CCN[N]C1. The molecular formula is C7H13N2O2. The van der Waals surface area contributed by atoms with Crippen LogP contribution in [0.2, 0.25) is 0 Å². The van der Waals surface area contributed by atoms with E-state index in [2.05, 4.69) is 15.6 Å². The Kier molecular flexibility index (Phi) is 3.32. The Bertz CT molecular complexity index is 132. The van der Waals surface area contributed by atoms with Gasteiger partial charge in [-0.1, -0.05) is 0 Å². The highest BCUT2D eigenvalue weighted by Gasteiger charge is 2.17. The van der Waals surface area contributed by atoms with Crippen LogP contribution in [0, 0.1) is 5.92 Å². The zero-order valence-electron chi connectivity index (χ0n) is 6.67. The lowest BCUT2D eigenvalue weighted by atomic mass is 10.0. The molecule has 0 aromatic carbocycles. The first-order valence-corrected chi connectivity index (χ1v) is 3.79. The molecule has 0 saturated carbocycles. The molecule has 4 nitrogen and oxygen atoms in total. The van der Waals surface area contributed by atoms with E-state index in [0.29, 0.717) is 12.3 Å². The van der Waals surface area contributed by atoms with Crippen molar-refractivity contribution in [2.45, 2.75) is 12.8 Å². The Hall–Kier alpha value is -0.610. The summed E-state index contributed by atoms with van der Waals surface area (Å²) in [6, 6.07) is 0. The third-order valence-electron chi connectivity index (χ3n) is 1.81. The third kappa shape index (κ3) is 2.86. The first-order valence-electron chi connectivity index (χ1n) is 3.79. The van der Waals surface area contributed by atoms with Crippen molar-refractivity contribution in [3.63, 3.8) is 0 Å². The number of nitrogens with one attached hydrogen (secondary N) is 1. The highest BCUT2D eigenvalue weighted by atomic mass is 16.5. The van der Waals surface area contributed by atoms with E-state index in [4.69, 9.17) is 0 Å². The second-order valence-corrected chi connectivity index (χ2v) is 2.68. The summed E-state index contributed by atoms with van der Waals surface area (Å²) in [4.78, 5) is 10.8. The molecule has 1 aliphatic heterocycles. The Morgan fingerprint density at radius 3 is 3.18 bits per heavy atom. The molecular weight excluding hydrogens is 144 g/mol. The van der Waals surface area contributed by atoms with Gasteiger partial charge in [0.25, 0.3) is 0 Å². The minimum absolute atomic E-state index is 0.132. The van der Waals surface area contributed by atoms with Gasteiger partial charge in [0.05, 0.1) is 7.11 Å². The van der Waals surface area contributed by atoms with Gasteiger partial charge in [0, 0.05) is 19.5 Å². The van der Waals surface area contributed by atoms with Gasteiger partial charge in [-0.25, -0.2) is 5.43 Å². The smallest absolute Gasteiger partial charge is 0.305 e. The van der Waals surface area contributed by atoms with Gasteiger partial charge in [-0.2, -0.15) is 5.43 Å². The van der Waals surface area contributed by atoms with E-state index >= 15 is 0 Å². The van der Waals surface area contributed by atoms with Gasteiger partial charge in [-0.05, 0) is 12.3 Å². The van der Waals surface area contributed by atoms with Crippen molar-refractivity contribution in [1.82, 2.24) is 10.9 Å². The largest absolute Gasteiger partial charge is 0.469 e. The minimum atomic E-state index is -0.132. The predicted octanol–water partition coefficient (Wildman–Crippen LogP) is -0.322. The summed E-state index contributed by atoms with van der Waals surface area (Å²) in [6.07, 6.45) is 1.51. The average molecular weight is 157 g/mol. The van der Waals surface area contributed by atoms with Crippen molar-refractivity contribution in [1.29, 1.82) is 0 Å². The molecule has 0 aromatic heterocycles. The standard InChI is InChI=1S/C7H13N2O2/c1-11-7(10)4-6-2-3-8-9-5-6/h6,8H,2-5H2,1H3. The maximum Gasteiger partial charge on any atom is 0.305 e. The Labute approximate surface area is 66.3 Å². The van der Waals surface area contributed by atoms with E-state index in [1.807, 2.05) is 0 Å². The van der Waals surface area contributed by atoms with Crippen LogP contribution in [0.4, 0.5) is 0 Å². The second kappa shape index (κ2) is 4.31. The number of nitrogens with zero attached hydrogens (tertiary/aromatic N) is 1. The van der Waals surface area contributed by atoms with Crippen molar-refractivity contribution in [3.05, 3.63) is 0 Å². The molecule has 0 bridgehead atoms. The topological polar surface area (TPSA) is 52.4 Å². The molecule has 1 N–H and O–H groups in total. The van der Waals surface area contributed by atoms with Crippen LogP contribution in [0.5, 0.6) is 0 Å². The Balaban J connectivity index is 2.19. The maximum atomic E-state index is 10.8. The summed E-state index contributed by atoms with van der Waals surface area (Å²) in [7, 11) is 1.42. The van der Waals surface area contributed by atoms with Crippen LogP contribution in [-0.4, -0.2) is 26.2 Å². The molecule has 1 rings (SSSR count). The number of hydrogen-bond acceptors (Lipinski definition) is 3.